The Morgan fingerprint density at radius 3 is 2.97 bits per heavy atom. The van der Waals surface area contributed by atoms with Crippen LogP contribution in [0.5, 0.6) is 5.75 Å². The number of aromatic nitrogens is 1. The van der Waals surface area contributed by atoms with Gasteiger partial charge in [0.15, 0.2) is 11.7 Å². The first-order valence-corrected chi connectivity index (χ1v) is 10.0. The molecule has 4 rings (SSSR count). The molecule has 0 radical (unpaired) electrons. The fourth-order valence-electron chi connectivity index (χ4n) is 2.96. The summed E-state index contributed by atoms with van der Waals surface area (Å²) in [4.78, 5) is 30.7. The third-order valence-electron chi connectivity index (χ3n) is 4.35. The SMILES string of the molecule is C=CCN1C(=O)COc2ccc(-c3csc(NC(=O)c4ccccc4Cl)n3)cc21. The van der Waals surface area contributed by atoms with Crippen LogP contribution in [0.15, 0.2) is 60.5 Å². The molecule has 8 heteroatoms. The zero-order valence-electron chi connectivity index (χ0n) is 15.2. The summed E-state index contributed by atoms with van der Waals surface area (Å²) in [5.41, 5.74) is 2.55. The van der Waals surface area contributed by atoms with Gasteiger partial charge in [-0.15, -0.1) is 17.9 Å². The monoisotopic (exact) mass is 425 g/mol. The number of carbonyl (C=O) groups excluding carboxylic acids is 2. The molecule has 3 aromatic rings. The number of carbonyl (C=O) groups is 2. The maximum Gasteiger partial charge on any atom is 0.265 e. The first-order chi connectivity index (χ1) is 14.1. The summed E-state index contributed by atoms with van der Waals surface area (Å²) in [6.45, 7) is 4.12. The van der Waals surface area contributed by atoms with E-state index in [2.05, 4.69) is 16.9 Å². The van der Waals surface area contributed by atoms with E-state index in [4.69, 9.17) is 16.3 Å². The van der Waals surface area contributed by atoms with Gasteiger partial charge in [0.25, 0.3) is 11.8 Å². The molecule has 0 spiro atoms. The average molecular weight is 426 g/mol. The molecule has 0 unspecified atom stereocenters. The van der Waals surface area contributed by atoms with Gasteiger partial charge in [-0.25, -0.2) is 4.98 Å². The van der Waals surface area contributed by atoms with Gasteiger partial charge in [-0.05, 0) is 30.3 Å². The smallest absolute Gasteiger partial charge is 0.265 e. The number of rotatable bonds is 5. The maximum absolute atomic E-state index is 12.4. The van der Waals surface area contributed by atoms with Gasteiger partial charge in [0.05, 0.1) is 22.0 Å². The summed E-state index contributed by atoms with van der Waals surface area (Å²) < 4.78 is 5.51. The number of benzene rings is 2. The summed E-state index contributed by atoms with van der Waals surface area (Å²) in [5.74, 6) is 0.191. The molecule has 0 fully saturated rings. The van der Waals surface area contributed by atoms with Gasteiger partial charge in [0.1, 0.15) is 5.75 Å². The van der Waals surface area contributed by atoms with Crippen LogP contribution < -0.4 is 15.0 Å². The van der Waals surface area contributed by atoms with Crippen molar-refractivity contribution in [2.45, 2.75) is 0 Å². The molecule has 2 heterocycles. The van der Waals surface area contributed by atoms with E-state index in [0.717, 1.165) is 5.56 Å². The van der Waals surface area contributed by atoms with Crippen molar-refractivity contribution in [3.8, 4) is 17.0 Å². The van der Waals surface area contributed by atoms with Crippen LogP contribution in [0.2, 0.25) is 5.02 Å². The van der Waals surface area contributed by atoms with Crippen LogP contribution in [-0.4, -0.2) is 29.9 Å². The Labute approximate surface area is 176 Å². The van der Waals surface area contributed by atoms with E-state index < -0.39 is 0 Å². The Hall–Kier alpha value is -3.16. The van der Waals surface area contributed by atoms with Crippen molar-refractivity contribution in [3.05, 3.63) is 71.1 Å². The number of hydrogen-bond acceptors (Lipinski definition) is 5. The van der Waals surface area contributed by atoms with Crippen LogP contribution in [0, 0.1) is 0 Å². The standard InChI is InChI=1S/C21H16ClN3O3S/c1-2-9-25-17-10-13(7-8-18(17)28-11-19(25)26)16-12-29-21(23-16)24-20(27)14-5-3-4-6-15(14)22/h2-8,10,12H,1,9,11H2,(H,23,24,27). The van der Waals surface area contributed by atoms with Crippen LogP contribution in [0.4, 0.5) is 10.8 Å². The zero-order chi connectivity index (χ0) is 20.4. The molecule has 29 heavy (non-hydrogen) atoms. The summed E-state index contributed by atoms with van der Waals surface area (Å²) in [6, 6.07) is 12.4. The fourth-order valence-corrected chi connectivity index (χ4v) is 3.90. The van der Waals surface area contributed by atoms with Gasteiger partial charge in [-0.1, -0.05) is 29.8 Å². The van der Waals surface area contributed by atoms with E-state index in [1.54, 1.807) is 35.2 Å². The molecular formula is C21H16ClN3O3S. The van der Waals surface area contributed by atoms with Crippen molar-refractivity contribution in [2.24, 2.45) is 0 Å². The number of fused-ring (bicyclic) bond motifs is 1. The Morgan fingerprint density at radius 1 is 1.34 bits per heavy atom. The Kier molecular flexibility index (Phi) is 5.33. The van der Waals surface area contributed by atoms with Crippen molar-refractivity contribution in [1.82, 2.24) is 4.98 Å². The van der Waals surface area contributed by atoms with Crippen molar-refractivity contribution < 1.29 is 14.3 Å². The Bertz CT molecular complexity index is 1110. The topological polar surface area (TPSA) is 71.5 Å². The van der Waals surface area contributed by atoms with E-state index in [9.17, 15) is 9.59 Å². The summed E-state index contributed by atoms with van der Waals surface area (Å²) in [7, 11) is 0. The summed E-state index contributed by atoms with van der Waals surface area (Å²) >= 11 is 7.38. The van der Waals surface area contributed by atoms with Gasteiger partial charge in [0, 0.05) is 17.5 Å². The number of ether oxygens (including phenoxy) is 1. The minimum absolute atomic E-state index is 0.00904. The molecule has 0 saturated heterocycles. The average Bonchev–Trinajstić information content (AvgIpc) is 3.18. The fraction of sp³-hybridized carbons (Fsp3) is 0.0952. The highest BCUT2D eigenvalue weighted by atomic mass is 35.5. The minimum atomic E-state index is -0.321. The van der Waals surface area contributed by atoms with Gasteiger partial charge in [-0.3, -0.25) is 14.9 Å². The van der Waals surface area contributed by atoms with E-state index in [1.165, 1.54) is 11.3 Å². The first kappa shape index (κ1) is 19.2. The quantitative estimate of drug-likeness (QED) is 0.605. The molecule has 146 valence electrons. The van der Waals surface area contributed by atoms with E-state index >= 15 is 0 Å². The van der Waals surface area contributed by atoms with Crippen LogP contribution in [0.25, 0.3) is 11.3 Å². The molecule has 1 aromatic heterocycles. The third kappa shape index (κ3) is 3.87. The van der Waals surface area contributed by atoms with Crippen molar-refractivity contribution in [2.75, 3.05) is 23.4 Å². The lowest BCUT2D eigenvalue weighted by molar-refractivity contribution is -0.121. The van der Waals surface area contributed by atoms with Gasteiger partial charge in [0.2, 0.25) is 0 Å². The predicted molar refractivity (Wildman–Crippen MR) is 115 cm³/mol. The zero-order valence-corrected chi connectivity index (χ0v) is 16.8. The van der Waals surface area contributed by atoms with Crippen LogP contribution >= 0.6 is 22.9 Å². The van der Waals surface area contributed by atoms with Crippen molar-refractivity contribution in [1.29, 1.82) is 0 Å². The molecule has 1 aliphatic rings. The molecule has 1 aliphatic heterocycles. The van der Waals surface area contributed by atoms with Gasteiger partial charge < -0.3 is 9.64 Å². The lowest BCUT2D eigenvalue weighted by atomic mass is 10.1. The highest BCUT2D eigenvalue weighted by molar-refractivity contribution is 7.14. The molecule has 6 nitrogen and oxygen atoms in total. The first-order valence-electron chi connectivity index (χ1n) is 8.76. The van der Waals surface area contributed by atoms with Crippen LogP contribution in [0.3, 0.4) is 0 Å². The number of nitrogens with one attached hydrogen (secondary N) is 1. The maximum atomic E-state index is 12.4. The molecule has 2 aromatic carbocycles. The third-order valence-corrected chi connectivity index (χ3v) is 5.44. The molecule has 2 amide bonds. The predicted octanol–water partition coefficient (Wildman–Crippen LogP) is 4.63. The Morgan fingerprint density at radius 2 is 2.17 bits per heavy atom. The van der Waals surface area contributed by atoms with E-state index in [1.807, 2.05) is 23.6 Å². The number of anilines is 2. The minimum Gasteiger partial charge on any atom is -0.482 e. The molecule has 1 N–H and O–H groups in total. The Balaban J connectivity index is 1.59. The second-order valence-corrected chi connectivity index (χ2v) is 7.50. The normalized spacial score (nSPS) is 12.9. The lowest BCUT2D eigenvalue weighted by Crippen LogP contribution is -2.38. The van der Waals surface area contributed by atoms with Crippen molar-refractivity contribution >= 4 is 45.6 Å². The molecule has 0 bridgehead atoms. The second-order valence-electron chi connectivity index (χ2n) is 6.24. The van der Waals surface area contributed by atoms with Crippen LogP contribution in [0.1, 0.15) is 10.4 Å². The van der Waals surface area contributed by atoms with Crippen LogP contribution in [-0.2, 0) is 4.79 Å². The number of halogens is 1. The number of nitrogens with zero attached hydrogens (tertiary/aromatic N) is 2. The summed E-state index contributed by atoms with van der Waals surface area (Å²) in [5, 5.41) is 5.44. The largest absolute Gasteiger partial charge is 0.482 e. The van der Waals surface area contributed by atoms with E-state index in [-0.39, 0.29) is 18.4 Å². The second kappa shape index (κ2) is 8.06. The van der Waals surface area contributed by atoms with Gasteiger partial charge >= 0.3 is 0 Å². The highest BCUT2D eigenvalue weighted by Crippen LogP contribution is 2.36. The number of amides is 2. The number of hydrogen-bond donors (Lipinski definition) is 1. The lowest BCUT2D eigenvalue weighted by Gasteiger charge is -2.28. The number of thiazole rings is 1. The highest BCUT2D eigenvalue weighted by Gasteiger charge is 2.25. The molecular weight excluding hydrogens is 410 g/mol. The molecule has 0 aliphatic carbocycles. The summed E-state index contributed by atoms with van der Waals surface area (Å²) in [6.07, 6.45) is 1.67. The molecule has 0 saturated carbocycles. The van der Waals surface area contributed by atoms with Gasteiger partial charge in [-0.2, -0.15) is 0 Å². The van der Waals surface area contributed by atoms with E-state index in [0.29, 0.717) is 39.4 Å². The molecule has 0 atom stereocenters. The van der Waals surface area contributed by atoms with Crippen molar-refractivity contribution in [3.63, 3.8) is 0 Å².